The van der Waals surface area contributed by atoms with Gasteiger partial charge in [0.1, 0.15) is 5.75 Å². The number of benzene rings is 1. The highest BCUT2D eigenvalue weighted by atomic mass is 19.4. The van der Waals surface area contributed by atoms with E-state index < -0.39 is 24.1 Å². The number of hydrogen-bond donors (Lipinski definition) is 2. The van der Waals surface area contributed by atoms with Gasteiger partial charge in [-0.25, -0.2) is 0 Å². The van der Waals surface area contributed by atoms with Gasteiger partial charge in [0.05, 0.1) is 12.5 Å². The van der Waals surface area contributed by atoms with Gasteiger partial charge in [0, 0.05) is 0 Å². The van der Waals surface area contributed by atoms with Crippen molar-refractivity contribution >= 4 is 5.91 Å². The molecule has 0 aromatic heterocycles. The fourth-order valence-corrected chi connectivity index (χ4v) is 1.20. The van der Waals surface area contributed by atoms with Gasteiger partial charge < -0.3 is 15.6 Å². The highest BCUT2D eigenvalue weighted by molar-refractivity contribution is 5.74. The van der Waals surface area contributed by atoms with E-state index in [0.717, 1.165) is 12.1 Å². The van der Waals surface area contributed by atoms with Crippen LogP contribution in [-0.2, 0) is 4.79 Å². The standard InChI is InChI=1S/C10H10F3NO3/c11-10(12,13)17-7-3-1-6(2-4-7)8(15)5-9(14)16/h1-4,8,15H,5H2,(H2,14,16). The van der Waals surface area contributed by atoms with E-state index in [9.17, 15) is 23.1 Å². The summed E-state index contributed by atoms with van der Waals surface area (Å²) in [5, 5.41) is 9.45. The van der Waals surface area contributed by atoms with E-state index in [1.807, 2.05) is 0 Å². The van der Waals surface area contributed by atoms with Crippen molar-refractivity contribution in [2.45, 2.75) is 18.9 Å². The quantitative estimate of drug-likeness (QED) is 0.849. The minimum Gasteiger partial charge on any atom is -0.406 e. The lowest BCUT2D eigenvalue weighted by Gasteiger charge is -2.11. The first-order chi connectivity index (χ1) is 7.78. The molecule has 1 aromatic carbocycles. The molecule has 1 amide bonds. The van der Waals surface area contributed by atoms with Crippen LogP contribution in [0.15, 0.2) is 24.3 Å². The minimum atomic E-state index is -4.76. The molecule has 1 atom stereocenters. The van der Waals surface area contributed by atoms with Crippen LogP contribution in [0.2, 0.25) is 0 Å². The molecule has 0 bridgehead atoms. The normalized spacial score (nSPS) is 13.2. The summed E-state index contributed by atoms with van der Waals surface area (Å²) in [7, 11) is 0. The van der Waals surface area contributed by atoms with E-state index in [0.29, 0.717) is 5.56 Å². The van der Waals surface area contributed by atoms with Crippen LogP contribution < -0.4 is 10.5 Å². The molecule has 4 nitrogen and oxygen atoms in total. The molecule has 0 spiro atoms. The molecule has 0 aliphatic rings. The minimum absolute atomic E-state index is 0.290. The van der Waals surface area contributed by atoms with Crippen LogP contribution in [0.25, 0.3) is 0 Å². The van der Waals surface area contributed by atoms with Gasteiger partial charge in [-0.05, 0) is 17.7 Å². The summed E-state index contributed by atoms with van der Waals surface area (Å²) >= 11 is 0. The van der Waals surface area contributed by atoms with Gasteiger partial charge in [-0.2, -0.15) is 0 Å². The monoisotopic (exact) mass is 249 g/mol. The average Bonchev–Trinajstić information content (AvgIpc) is 2.15. The van der Waals surface area contributed by atoms with E-state index in [1.165, 1.54) is 12.1 Å². The molecule has 1 aromatic rings. The molecule has 0 saturated heterocycles. The van der Waals surface area contributed by atoms with Crippen LogP contribution in [-0.4, -0.2) is 17.4 Å². The molecule has 94 valence electrons. The lowest BCUT2D eigenvalue weighted by atomic mass is 10.1. The Balaban J connectivity index is 2.71. The number of hydrogen-bond acceptors (Lipinski definition) is 3. The molecule has 3 N–H and O–H groups in total. The van der Waals surface area contributed by atoms with Crippen molar-refractivity contribution in [3.05, 3.63) is 29.8 Å². The fraction of sp³-hybridized carbons (Fsp3) is 0.300. The smallest absolute Gasteiger partial charge is 0.406 e. The van der Waals surface area contributed by atoms with Crippen molar-refractivity contribution < 1.29 is 27.8 Å². The first-order valence-electron chi connectivity index (χ1n) is 4.60. The highest BCUT2D eigenvalue weighted by Gasteiger charge is 2.31. The Kier molecular flexibility index (Phi) is 3.95. The first kappa shape index (κ1) is 13.3. The third-order valence-electron chi connectivity index (χ3n) is 1.89. The second-order valence-electron chi connectivity index (χ2n) is 3.30. The van der Waals surface area contributed by atoms with Crippen molar-refractivity contribution in [2.24, 2.45) is 5.73 Å². The maximum atomic E-state index is 11.8. The largest absolute Gasteiger partial charge is 0.573 e. The van der Waals surface area contributed by atoms with Gasteiger partial charge in [0.25, 0.3) is 0 Å². The molecule has 17 heavy (non-hydrogen) atoms. The highest BCUT2D eigenvalue weighted by Crippen LogP contribution is 2.25. The summed E-state index contributed by atoms with van der Waals surface area (Å²) < 4.78 is 39.2. The zero-order valence-electron chi connectivity index (χ0n) is 8.57. The summed E-state index contributed by atoms with van der Waals surface area (Å²) in [6.45, 7) is 0. The topological polar surface area (TPSA) is 72.6 Å². The van der Waals surface area contributed by atoms with Crippen molar-refractivity contribution in [2.75, 3.05) is 0 Å². The Morgan fingerprint density at radius 1 is 1.35 bits per heavy atom. The predicted molar refractivity (Wildman–Crippen MR) is 51.9 cm³/mol. The maximum Gasteiger partial charge on any atom is 0.573 e. The average molecular weight is 249 g/mol. The van der Waals surface area contributed by atoms with Crippen LogP contribution in [0.5, 0.6) is 5.75 Å². The Hall–Kier alpha value is -1.76. The number of amides is 1. The van der Waals surface area contributed by atoms with Gasteiger partial charge >= 0.3 is 6.36 Å². The molecular weight excluding hydrogens is 239 g/mol. The van der Waals surface area contributed by atoms with Crippen molar-refractivity contribution in [3.8, 4) is 5.75 Å². The van der Waals surface area contributed by atoms with Crippen molar-refractivity contribution in [3.63, 3.8) is 0 Å². The first-order valence-corrected chi connectivity index (χ1v) is 4.60. The Bertz CT molecular complexity index is 389. The SMILES string of the molecule is NC(=O)CC(O)c1ccc(OC(F)(F)F)cc1. The molecule has 0 saturated carbocycles. The van der Waals surface area contributed by atoms with Crippen LogP contribution in [0.4, 0.5) is 13.2 Å². The van der Waals surface area contributed by atoms with Gasteiger partial charge in [-0.15, -0.1) is 13.2 Å². The molecule has 7 heteroatoms. The molecular formula is C10H10F3NO3. The van der Waals surface area contributed by atoms with E-state index in [1.54, 1.807) is 0 Å². The van der Waals surface area contributed by atoms with Gasteiger partial charge in [-0.1, -0.05) is 12.1 Å². The summed E-state index contributed by atoms with van der Waals surface area (Å²) in [6, 6.07) is 4.56. The second-order valence-corrected chi connectivity index (χ2v) is 3.30. The van der Waals surface area contributed by atoms with E-state index in [-0.39, 0.29) is 6.42 Å². The molecule has 0 radical (unpaired) electrons. The van der Waals surface area contributed by atoms with Crippen LogP contribution in [0.1, 0.15) is 18.1 Å². The number of primary amides is 1. The van der Waals surface area contributed by atoms with Gasteiger partial charge in [-0.3, -0.25) is 4.79 Å². The lowest BCUT2D eigenvalue weighted by Crippen LogP contribution is -2.17. The van der Waals surface area contributed by atoms with Gasteiger partial charge in [0.15, 0.2) is 0 Å². The number of aliphatic hydroxyl groups excluding tert-OH is 1. The number of halogens is 3. The van der Waals surface area contributed by atoms with Crippen molar-refractivity contribution in [1.82, 2.24) is 0 Å². The number of carbonyl (C=O) groups is 1. The number of aliphatic hydroxyl groups is 1. The van der Waals surface area contributed by atoms with E-state index in [4.69, 9.17) is 5.73 Å². The predicted octanol–water partition coefficient (Wildman–Crippen LogP) is 1.49. The third-order valence-corrected chi connectivity index (χ3v) is 1.89. The summed E-state index contributed by atoms with van der Waals surface area (Å²) in [5.41, 5.74) is 5.16. The summed E-state index contributed by atoms with van der Waals surface area (Å²) in [4.78, 5) is 10.5. The Morgan fingerprint density at radius 3 is 2.29 bits per heavy atom. The molecule has 1 unspecified atom stereocenters. The lowest BCUT2D eigenvalue weighted by molar-refractivity contribution is -0.274. The Labute approximate surface area is 94.8 Å². The molecule has 0 fully saturated rings. The van der Waals surface area contributed by atoms with Crippen LogP contribution in [0, 0.1) is 0 Å². The zero-order valence-corrected chi connectivity index (χ0v) is 8.57. The second kappa shape index (κ2) is 5.05. The summed E-state index contributed by atoms with van der Waals surface area (Å²) in [6.07, 6.45) is -6.18. The van der Waals surface area contributed by atoms with E-state index >= 15 is 0 Å². The number of rotatable bonds is 4. The molecule has 0 heterocycles. The summed E-state index contributed by atoms with van der Waals surface area (Å²) in [5.74, 6) is -1.10. The Morgan fingerprint density at radius 2 is 1.88 bits per heavy atom. The van der Waals surface area contributed by atoms with Crippen LogP contribution >= 0.6 is 0 Å². The molecule has 0 aliphatic heterocycles. The number of nitrogens with two attached hydrogens (primary N) is 1. The number of carbonyl (C=O) groups excluding carboxylic acids is 1. The fourth-order valence-electron chi connectivity index (χ4n) is 1.20. The maximum absolute atomic E-state index is 11.8. The number of ether oxygens (including phenoxy) is 1. The van der Waals surface area contributed by atoms with Crippen molar-refractivity contribution in [1.29, 1.82) is 0 Å². The van der Waals surface area contributed by atoms with E-state index in [2.05, 4.69) is 4.74 Å². The zero-order chi connectivity index (χ0) is 13.1. The molecule has 0 aliphatic carbocycles. The van der Waals surface area contributed by atoms with Gasteiger partial charge in [0.2, 0.25) is 5.91 Å². The molecule has 1 rings (SSSR count). The third kappa shape index (κ3) is 4.73. The van der Waals surface area contributed by atoms with Crippen LogP contribution in [0.3, 0.4) is 0 Å². The number of alkyl halides is 3.